The van der Waals surface area contributed by atoms with Crippen LogP contribution in [0.5, 0.6) is 0 Å². The van der Waals surface area contributed by atoms with Crippen LogP contribution in [0.4, 0.5) is 17.6 Å². The Morgan fingerprint density at radius 2 is 1.37 bits per heavy atom. The number of hydrogen-bond donors (Lipinski definition) is 0. The highest BCUT2D eigenvalue weighted by Crippen LogP contribution is 2.35. The second-order valence-electron chi connectivity index (χ2n) is 3.82. The predicted octanol–water partition coefficient (Wildman–Crippen LogP) is 5.38. The summed E-state index contributed by atoms with van der Waals surface area (Å²) in [6.07, 6.45) is 0. The van der Waals surface area contributed by atoms with E-state index in [0.29, 0.717) is 12.1 Å². The van der Waals surface area contributed by atoms with Gasteiger partial charge in [0, 0.05) is 22.2 Å². The molecule has 0 N–H and O–H groups in total. The van der Waals surface area contributed by atoms with E-state index in [2.05, 4.69) is 15.9 Å². The number of benzene rings is 2. The van der Waals surface area contributed by atoms with Crippen molar-refractivity contribution in [3.8, 4) is 0 Å². The first kappa shape index (κ1) is 14.3. The van der Waals surface area contributed by atoms with Crippen LogP contribution < -0.4 is 0 Å². The molecule has 0 saturated heterocycles. The summed E-state index contributed by atoms with van der Waals surface area (Å²) in [7, 11) is 0. The topological polar surface area (TPSA) is 0 Å². The van der Waals surface area contributed by atoms with Gasteiger partial charge in [0.05, 0.1) is 4.83 Å². The molecule has 0 aromatic heterocycles. The van der Waals surface area contributed by atoms with Crippen LogP contribution in [0.3, 0.4) is 0 Å². The van der Waals surface area contributed by atoms with Crippen molar-refractivity contribution in [3.05, 3.63) is 69.8 Å². The van der Waals surface area contributed by atoms with Crippen LogP contribution in [-0.4, -0.2) is 0 Å². The van der Waals surface area contributed by atoms with E-state index in [0.717, 1.165) is 6.07 Å². The minimum absolute atomic E-state index is 0.0393. The molecule has 0 aliphatic rings. The summed E-state index contributed by atoms with van der Waals surface area (Å²) >= 11 is 8.79. The van der Waals surface area contributed by atoms with E-state index in [1.54, 1.807) is 0 Å². The molecule has 100 valence electrons. The van der Waals surface area contributed by atoms with Gasteiger partial charge in [-0.1, -0.05) is 27.5 Å². The molecule has 0 radical (unpaired) electrons. The lowest BCUT2D eigenvalue weighted by Crippen LogP contribution is -2.02. The van der Waals surface area contributed by atoms with Gasteiger partial charge in [0.25, 0.3) is 0 Å². The highest BCUT2D eigenvalue weighted by atomic mass is 79.9. The Morgan fingerprint density at radius 1 is 0.789 bits per heavy atom. The summed E-state index contributed by atoms with van der Waals surface area (Å²) in [6.45, 7) is 0. The summed E-state index contributed by atoms with van der Waals surface area (Å²) in [5.41, 5.74) is -0.169. The first-order valence-corrected chi connectivity index (χ1v) is 6.43. The van der Waals surface area contributed by atoms with Gasteiger partial charge in [0.15, 0.2) is 11.6 Å². The van der Waals surface area contributed by atoms with Crippen LogP contribution in [0.2, 0.25) is 5.02 Å². The third-order valence-electron chi connectivity index (χ3n) is 2.54. The lowest BCUT2D eigenvalue weighted by Gasteiger charge is -2.13. The van der Waals surface area contributed by atoms with Crippen molar-refractivity contribution in [2.24, 2.45) is 0 Å². The normalized spacial score (nSPS) is 12.5. The Bertz CT molecular complexity index is 630. The van der Waals surface area contributed by atoms with E-state index in [1.165, 1.54) is 12.1 Å². The maximum Gasteiger partial charge on any atom is 0.161 e. The zero-order valence-electron chi connectivity index (χ0n) is 9.23. The first-order valence-electron chi connectivity index (χ1n) is 5.13. The molecule has 0 amide bonds. The van der Waals surface area contributed by atoms with Gasteiger partial charge < -0.3 is 0 Å². The van der Waals surface area contributed by atoms with Crippen LogP contribution >= 0.6 is 27.5 Å². The van der Waals surface area contributed by atoms with Gasteiger partial charge in [-0.2, -0.15) is 0 Å². The SMILES string of the molecule is Fc1cc(F)c(C(Br)c2cc(Cl)ccc2F)cc1F. The zero-order valence-corrected chi connectivity index (χ0v) is 11.6. The van der Waals surface area contributed by atoms with Gasteiger partial charge in [-0.25, -0.2) is 17.6 Å². The molecule has 0 aliphatic carbocycles. The monoisotopic (exact) mass is 352 g/mol. The number of rotatable bonds is 2. The molecule has 2 aromatic carbocycles. The molecule has 0 bridgehead atoms. The summed E-state index contributed by atoms with van der Waals surface area (Å²) in [4.78, 5) is -0.971. The number of alkyl halides is 1. The zero-order chi connectivity index (χ0) is 14.2. The van der Waals surface area contributed by atoms with Crippen LogP contribution in [-0.2, 0) is 0 Å². The molecule has 1 unspecified atom stereocenters. The molecule has 0 fully saturated rings. The Kier molecular flexibility index (Phi) is 4.16. The van der Waals surface area contributed by atoms with E-state index >= 15 is 0 Å². The fourth-order valence-corrected chi connectivity index (χ4v) is 2.49. The molecule has 2 rings (SSSR count). The van der Waals surface area contributed by atoms with Crippen molar-refractivity contribution in [2.45, 2.75) is 4.83 Å². The molecule has 0 heterocycles. The van der Waals surface area contributed by atoms with Crippen LogP contribution in [0, 0.1) is 23.3 Å². The molecule has 0 spiro atoms. The molecule has 19 heavy (non-hydrogen) atoms. The number of halogens is 6. The van der Waals surface area contributed by atoms with Gasteiger partial charge in [0.1, 0.15) is 11.6 Å². The maximum absolute atomic E-state index is 13.6. The average Bonchev–Trinajstić information content (AvgIpc) is 2.36. The van der Waals surface area contributed by atoms with E-state index in [1.807, 2.05) is 0 Å². The van der Waals surface area contributed by atoms with Gasteiger partial charge >= 0.3 is 0 Å². The molecule has 0 nitrogen and oxygen atoms in total. The summed E-state index contributed by atoms with van der Waals surface area (Å²) in [5.74, 6) is -4.11. The van der Waals surface area contributed by atoms with Crippen molar-refractivity contribution in [3.63, 3.8) is 0 Å². The van der Waals surface area contributed by atoms with E-state index in [-0.39, 0.29) is 16.1 Å². The first-order chi connectivity index (χ1) is 8.90. The second-order valence-corrected chi connectivity index (χ2v) is 5.17. The quantitative estimate of drug-likeness (QED) is 0.386. The Morgan fingerprint density at radius 3 is 2.05 bits per heavy atom. The molecular formula is C13H6BrClF4. The van der Waals surface area contributed by atoms with Gasteiger partial charge in [0.2, 0.25) is 0 Å². The molecular weight excluding hydrogens is 347 g/mol. The lowest BCUT2D eigenvalue weighted by molar-refractivity contribution is 0.490. The van der Waals surface area contributed by atoms with Crippen LogP contribution in [0.1, 0.15) is 16.0 Å². The maximum atomic E-state index is 13.6. The highest BCUT2D eigenvalue weighted by Gasteiger charge is 2.21. The van der Waals surface area contributed by atoms with Gasteiger partial charge in [-0.05, 0) is 24.3 Å². The molecule has 1 atom stereocenters. The minimum atomic E-state index is -1.30. The number of hydrogen-bond acceptors (Lipinski definition) is 0. The van der Waals surface area contributed by atoms with Crippen molar-refractivity contribution in [1.29, 1.82) is 0 Å². The van der Waals surface area contributed by atoms with Crippen LogP contribution in [0.15, 0.2) is 30.3 Å². The fourth-order valence-electron chi connectivity index (χ4n) is 1.61. The standard InChI is InChI=1S/C13H6BrClF4/c14-13(7-3-6(15)1-2-9(7)16)8-4-11(18)12(19)5-10(8)17/h1-5,13H. The Labute approximate surface area is 120 Å². The Balaban J connectivity index is 2.52. The largest absolute Gasteiger partial charge is 0.207 e. The van der Waals surface area contributed by atoms with Crippen molar-refractivity contribution < 1.29 is 17.6 Å². The van der Waals surface area contributed by atoms with Crippen LogP contribution in [0.25, 0.3) is 0 Å². The van der Waals surface area contributed by atoms with Gasteiger partial charge in [-0.3, -0.25) is 0 Å². The summed E-state index contributed by atoms with van der Waals surface area (Å²) < 4.78 is 53.2. The van der Waals surface area contributed by atoms with E-state index in [4.69, 9.17) is 11.6 Å². The second kappa shape index (κ2) is 5.51. The fraction of sp³-hybridized carbons (Fsp3) is 0.0769. The van der Waals surface area contributed by atoms with E-state index < -0.39 is 28.1 Å². The van der Waals surface area contributed by atoms with Gasteiger partial charge in [-0.15, -0.1) is 0 Å². The van der Waals surface area contributed by atoms with Crippen molar-refractivity contribution >= 4 is 27.5 Å². The molecule has 0 aliphatic heterocycles. The van der Waals surface area contributed by atoms with Crippen molar-refractivity contribution in [1.82, 2.24) is 0 Å². The third-order valence-corrected chi connectivity index (χ3v) is 3.77. The smallest absolute Gasteiger partial charge is 0.161 e. The van der Waals surface area contributed by atoms with Crippen molar-refractivity contribution in [2.75, 3.05) is 0 Å². The highest BCUT2D eigenvalue weighted by molar-refractivity contribution is 9.09. The molecule has 6 heteroatoms. The predicted molar refractivity (Wildman–Crippen MR) is 68.5 cm³/mol. The Hall–Kier alpha value is -1.07. The average molecular weight is 354 g/mol. The summed E-state index contributed by atoms with van der Waals surface area (Å²) in [5, 5.41) is 0.254. The van der Waals surface area contributed by atoms with E-state index in [9.17, 15) is 17.6 Å². The summed E-state index contributed by atoms with van der Waals surface area (Å²) in [6, 6.07) is 4.84. The molecule has 2 aromatic rings. The molecule has 0 saturated carbocycles. The third kappa shape index (κ3) is 2.92. The lowest BCUT2D eigenvalue weighted by atomic mass is 10.0. The minimum Gasteiger partial charge on any atom is -0.207 e.